The fourth-order valence-corrected chi connectivity index (χ4v) is 2.56. The average molecular weight is 282 g/mol. The number of rotatable bonds is 5. The summed E-state index contributed by atoms with van der Waals surface area (Å²) in [5, 5.41) is 10.8. The topological polar surface area (TPSA) is 44.1 Å². The predicted molar refractivity (Wildman–Crippen MR) is 80.4 cm³/mol. The summed E-state index contributed by atoms with van der Waals surface area (Å²) in [5.74, 6) is -0.0530. The highest BCUT2D eigenvalue weighted by atomic mass is 32.1. The van der Waals surface area contributed by atoms with Crippen molar-refractivity contribution in [2.75, 3.05) is 6.54 Å². The van der Waals surface area contributed by atoms with Crippen molar-refractivity contribution in [3.63, 3.8) is 0 Å². The van der Waals surface area contributed by atoms with E-state index in [1.165, 1.54) is 0 Å². The van der Waals surface area contributed by atoms with Crippen LogP contribution in [-0.2, 0) is 6.54 Å². The van der Waals surface area contributed by atoms with E-state index in [1.807, 2.05) is 23.6 Å². The molecule has 0 bridgehead atoms. The number of nitriles is 1. The zero-order valence-electron chi connectivity index (χ0n) is 11.0. The molecule has 0 radical (unpaired) electrons. The van der Waals surface area contributed by atoms with Gasteiger partial charge in [0.15, 0.2) is 0 Å². The minimum Gasteiger partial charge on any atom is -0.330 e. The first-order chi connectivity index (χ1) is 9.74. The zero-order valence-corrected chi connectivity index (χ0v) is 11.8. The van der Waals surface area contributed by atoms with Crippen LogP contribution in [0.5, 0.6) is 0 Å². The van der Waals surface area contributed by atoms with E-state index in [9.17, 15) is 4.79 Å². The Morgan fingerprint density at radius 2 is 2.10 bits per heavy atom. The standard InChI is InChI=1S/C16H14N2OS/c1-2-9-18(12-15-4-3-10-20-15)16(19)14-7-5-13(11-17)6-8-14/h2-8,10H,1,9,12H2. The largest absolute Gasteiger partial charge is 0.330 e. The third-order valence-corrected chi connectivity index (χ3v) is 3.69. The first-order valence-corrected chi connectivity index (χ1v) is 7.05. The summed E-state index contributed by atoms with van der Waals surface area (Å²) in [6, 6.07) is 12.7. The lowest BCUT2D eigenvalue weighted by molar-refractivity contribution is 0.0764. The molecule has 4 heteroatoms. The Labute approximate surface area is 122 Å². The second kappa shape index (κ2) is 6.69. The van der Waals surface area contributed by atoms with Crippen LogP contribution in [0.2, 0.25) is 0 Å². The van der Waals surface area contributed by atoms with Gasteiger partial charge in [-0.05, 0) is 35.7 Å². The molecule has 2 aromatic rings. The smallest absolute Gasteiger partial charge is 0.254 e. The third kappa shape index (κ3) is 3.34. The number of nitrogens with zero attached hydrogens (tertiary/aromatic N) is 2. The van der Waals surface area contributed by atoms with Gasteiger partial charge in [-0.15, -0.1) is 17.9 Å². The summed E-state index contributed by atoms with van der Waals surface area (Å²) in [6.45, 7) is 4.77. The first-order valence-electron chi connectivity index (χ1n) is 6.17. The van der Waals surface area contributed by atoms with Crippen LogP contribution < -0.4 is 0 Å². The summed E-state index contributed by atoms with van der Waals surface area (Å²) >= 11 is 1.62. The Balaban J connectivity index is 2.17. The molecular formula is C16H14N2OS. The number of thiophene rings is 1. The fraction of sp³-hybridized carbons (Fsp3) is 0.125. The Kier molecular flexibility index (Phi) is 4.70. The molecule has 0 atom stereocenters. The van der Waals surface area contributed by atoms with Crippen LogP contribution in [0.3, 0.4) is 0 Å². The maximum Gasteiger partial charge on any atom is 0.254 e. The van der Waals surface area contributed by atoms with E-state index in [0.29, 0.717) is 24.2 Å². The molecule has 0 unspecified atom stereocenters. The van der Waals surface area contributed by atoms with Crippen LogP contribution in [0.25, 0.3) is 0 Å². The third-order valence-electron chi connectivity index (χ3n) is 2.82. The van der Waals surface area contributed by atoms with E-state index in [-0.39, 0.29) is 5.91 Å². The lowest BCUT2D eigenvalue weighted by Gasteiger charge is -2.20. The minimum absolute atomic E-state index is 0.0530. The molecule has 3 nitrogen and oxygen atoms in total. The second-order valence-corrected chi connectivity index (χ2v) is 5.28. The lowest BCUT2D eigenvalue weighted by atomic mass is 10.1. The fourth-order valence-electron chi connectivity index (χ4n) is 1.84. The van der Waals surface area contributed by atoms with Gasteiger partial charge in [0.2, 0.25) is 0 Å². The van der Waals surface area contributed by atoms with Crippen molar-refractivity contribution < 1.29 is 4.79 Å². The van der Waals surface area contributed by atoms with E-state index < -0.39 is 0 Å². The lowest BCUT2D eigenvalue weighted by Crippen LogP contribution is -2.30. The van der Waals surface area contributed by atoms with Crippen molar-refractivity contribution in [1.82, 2.24) is 4.90 Å². The quantitative estimate of drug-likeness (QED) is 0.788. The van der Waals surface area contributed by atoms with Gasteiger partial charge in [-0.25, -0.2) is 0 Å². The Hall–Kier alpha value is -2.38. The zero-order chi connectivity index (χ0) is 14.4. The molecule has 0 saturated heterocycles. The SMILES string of the molecule is C=CCN(Cc1cccs1)C(=O)c1ccc(C#N)cc1. The number of amides is 1. The van der Waals surface area contributed by atoms with Crippen LogP contribution in [-0.4, -0.2) is 17.4 Å². The Morgan fingerprint density at radius 3 is 2.65 bits per heavy atom. The van der Waals surface area contributed by atoms with Crippen LogP contribution >= 0.6 is 11.3 Å². The monoisotopic (exact) mass is 282 g/mol. The molecule has 1 aromatic carbocycles. The highest BCUT2D eigenvalue weighted by molar-refractivity contribution is 7.09. The van der Waals surface area contributed by atoms with Gasteiger partial charge in [0.25, 0.3) is 5.91 Å². The predicted octanol–water partition coefficient (Wildman–Crippen LogP) is 3.45. The van der Waals surface area contributed by atoms with E-state index in [1.54, 1.807) is 46.6 Å². The number of hydrogen-bond donors (Lipinski definition) is 0. The molecule has 0 spiro atoms. The van der Waals surface area contributed by atoms with Gasteiger partial charge in [0.1, 0.15) is 0 Å². The summed E-state index contributed by atoms with van der Waals surface area (Å²) < 4.78 is 0. The molecule has 0 N–H and O–H groups in total. The Bertz CT molecular complexity index is 623. The highest BCUT2D eigenvalue weighted by Crippen LogP contribution is 2.15. The van der Waals surface area contributed by atoms with Crippen molar-refractivity contribution >= 4 is 17.2 Å². The normalized spacial score (nSPS) is 9.75. The molecule has 20 heavy (non-hydrogen) atoms. The van der Waals surface area contributed by atoms with Crippen molar-refractivity contribution in [1.29, 1.82) is 5.26 Å². The number of benzene rings is 1. The van der Waals surface area contributed by atoms with Gasteiger partial charge >= 0.3 is 0 Å². The molecule has 2 rings (SSSR count). The second-order valence-electron chi connectivity index (χ2n) is 4.24. The van der Waals surface area contributed by atoms with Gasteiger partial charge < -0.3 is 4.90 Å². The first kappa shape index (κ1) is 14.0. The van der Waals surface area contributed by atoms with Gasteiger partial charge in [-0.2, -0.15) is 5.26 Å². The maximum absolute atomic E-state index is 12.5. The van der Waals surface area contributed by atoms with Crippen LogP contribution in [0.15, 0.2) is 54.4 Å². The van der Waals surface area contributed by atoms with Crippen LogP contribution in [0.4, 0.5) is 0 Å². The molecule has 0 aliphatic rings. The van der Waals surface area contributed by atoms with E-state index in [4.69, 9.17) is 5.26 Å². The molecule has 0 aliphatic heterocycles. The number of hydrogen-bond acceptors (Lipinski definition) is 3. The van der Waals surface area contributed by atoms with E-state index in [0.717, 1.165) is 4.88 Å². The van der Waals surface area contributed by atoms with Crippen LogP contribution in [0, 0.1) is 11.3 Å². The van der Waals surface area contributed by atoms with E-state index >= 15 is 0 Å². The van der Waals surface area contributed by atoms with Crippen molar-refractivity contribution in [3.8, 4) is 6.07 Å². The van der Waals surface area contributed by atoms with Gasteiger partial charge in [0.05, 0.1) is 18.2 Å². The number of carbonyl (C=O) groups is 1. The maximum atomic E-state index is 12.5. The molecule has 0 aliphatic carbocycles. The molecule has 1 amide bonds. The van der Waals surface area contributed by atoms with Gasteiger partial charge in [-0.1, -0.05) is 12.1 Å². The molecule has 1 heterocycles. The highest BCUT2D eigenvalue weighted by Gasteiger charge is 2.15. The van der Waals surface area contributed by atoms with Crippen molar-refractivity contribution in [2.24, 2.45) is 0 Å². The summed E-state index contributed by atoms with van der Waals surface area (Å²) in [5.41, 5.74) is 1.14. The van der Waals surface area contributed by atoms with Crippen molar-refractivity contribution in [3.05, 3.63) is 70.4 Å². The van der Waals surface area contributed by atoms with Crippen molar-refractivity contribution in [2.45, 2.75) is 6.54 Å². The van der Waals surface area contributed by atoms with Gasteiger partial charge in [-0.3, -0.25) is 4.79 Å². The minimum atomic E-state index is -0.0530. The molecule has 0 fully saturated rings. The van der Waals surface area contributed by atoms with E-state index in [2.05, 4.69) is 6.58 Å². The van der Waals surface area contributed by atoms with Gasteiger partial charge in [0, 0.05) is 17.0 Å². The summed E-state index contributed by atoms with van der Waals surface area (Å²) in [7, 11) is 0. The molecule has 0 saturated carbocycles. The molecule has 1 aromatic heterocycles. The number of carbonyl (C=O) groups excluding carboxylic acids is 1. The average Bonchev–Trinajstić information content (AvgIpc) is 2.99. The van der Waals surface area contributed by atoms with Crippen LogP contribution in [0.1, 0.15) is 20.8 Å². The summed E-state index contributed by atoms with van der Waals surface area (Å²) in [6.07, 6.45) is 1.72. The summed E-state index contributed by atoms with van der Waals surface area (Å²) in [4.78, 5) is 15.3. The Morgan fingerprint density at radius 1 is 1.35 bits per heavy atom. The molecular weight excluding hydrogens is 268 g/mol. The molecule has 100 valence electrons.